The number of hydrogen-bond acceptors (Lipinski definition) is 4. The number of sulfonamides is 1. The van der Waals surface area contributed by atoms with Crippen LogP contribution in [-0.4, -0.2) is 28.0 Å². The highest BCUT2D eigenvalue weighted by atomic mass is 35.5. The van der Waals surface area contributed by atoms with Crippen LogP contribution in [0.3, 0.4) is 0 Å². The number of carbonyl (C=O) groups is 1. The van der Waals surface area contributed by atoms with Crippen molar-refractivity contribution in [2.45, 2.75) is 25.2 Å². The Balaban J connectivity index is 1.98. The Labute approximate surface area is 158 Å². The highest BCUT2D eigenvalue weighted by Gasteiger charge is 2.17. The van der Waals surface area contributed by atoms with Gasteiger partial charge in [-0.15, -0.1) is 0 Å². The van der Waals surface area contributed by atoms with Gasteiger partial charge in [-0.25, -0.2) is 13.1 Å². The number of nitrogens with one attached hydrogen (secondary N) is 2. The van der Waals surface area contributed by atoms with Crippen LogP contribution in [0.1, 0.15) is 17.5 Å². The minimum absolute atomic E-state index is 0.0234. The quantitative estimate of drug-likeness (QED) is 0.752. The van der Waals surface area contributed by atoms with Crippen molar-refractivity contribution >= 4 is 33.2 Å². The number of aryl methyl sites for hydroxylation is 2. The molecule has 0 saturated heterocycles. The second-order valence-electron chi connectivity index (χ2n) is 5.81. The van der Waals surface area contributed by atoms with Crippen molar-refractivity contribution in [1.82, 2.24) is 4.72 Å². The zero-order valence-electron chi connectivity index (χ0n) is 14.8. The van der Waals surface area contributed by atoms with Gasteiger partial charge in [0.05, 0.1) is 17.7 Å². The van der Waals surface area contributed by atoms with Crippen LogP contribution in [-0.2, 0) is 14.8 Å². The van der Waals surface area contributed by atoms with Crippen LogP contribution >= 0.6 is 11.6 Å². The van der Waals surface area contributed by atoms with Crippen LogP contribution in [0.4, 0.5) is 5.69 Å². The number of benzene rings is 2. The lowest BCUT2D eigenvalue weighted by molar-refractivity contribution is -0.116. The summed E-state index contributed by atoms with van der Waals surface area (Å²) in [7, 11) is -2.19. The summed E-state index contributed by atoms with van der Waals surface area (Å²) < 4.78 is 32.4. The van der Waals surface area contributed by atoms with Crippen molar-refractivity contribution in [1.29, 1.82) is 0 Å². The van der Waals surface area contributed by atoms with Gasteiger partial charge in [0, 0.05) is 18.0 Å². The van der Waals surface area contributed by atoms with E-state index in [1.165, 1.54) is 7.11 Å². The van der Waals surface area contributed by atoms with Crippen LogP contribution < -0.4 is 14.8 Å². The SMILES string of the molecule is COc1ccc(Cl)cc1NC(=O)CCNS(=O)(=O)c1cc(C)ccc1C. The molecule has 0 bridgehead atoms. The van der Waals surface area contributed by atoms with Crippen molar-refractivity contribution in [2.24, 2.45) is 0 Å². The molecule has 0 aliphatic heterocycles. The topological polar surface area (TPSA) is 84.5 Å². The number of carbonyl (C=O) groups excluding carboxylic acids is 1. The highest BCUT2D eigenvalue weighted by molar-refractivity contribution is 7.89. The van der Waals surface area contributed by atoms with Gasteiger partial charge in [0.1, 0.15) is 5.75 Å². The monoisotopic (exact) mass is 396 g/mol. The van der Waals surface area contributed by atoms with E-state index in [-0.39, 0.29) is 23.8 Å². The summed E-state index contributed by atoms with van der Waals surface area (Å²) in [5, 5.41) is 3.12. The summed E-state index contributed by atoms with van der Waals surface area (Å²) >= 11 is 5.92. The Kier molecular flexibility index (Phi) is 6.63. The van der Waals surface area contributed by atoms with Gasteiger partial charge in [0.2, 0.25) is 15.9 Å². The van der Waals surface area contributed by atoms with E-state index in [4.69, 9.17) is 16.3 Å². The molecule has 0 unspecified atom stereocenters. The maximum Gasteiger partial charge on any atom is 0.240 e. The number of halogens is 1. The summed E-state index contributed by atoms with van der Waals surface area (Å²) in [6, 6.07) is 10.1. The first-order chi connectivity index (χ1) is 12.2. The summed E-state index contributed by atoms with van der Waals surface area (Å²) in [5.41, 5.74) is 1.93. The maximum absolute atomic E-state index is 12.4. The van der Waals surface area contributed by atoms with Gasteiger partial charge < -0.3 is 10.1 Å². The van der Waals surface area contributed by atoms with Gasteiger partial charge in [-0.2, -0.15) is 0 Å². The third kappa shape index (κ3) is 5.20. The first-order valence-electron chi connectivity index (χ1n) is 7.93. The molecule has 0 heterocycles. The molecule has 0 spiro atoms. The van der Waals surface area contributed by atoms with E-state index in [1.807, 2.05) is 13.0 Å². The third-order valence-corrected chi connectivity index (χ3v) is 5.55. The Morgan fingerprint density at radius 2 is 1.88 bits per heavy atom. The first kappa shape index (κ1) is 20.2. The molecule has 2 rings (SSSR count). The van der Waals surface area contributed by atoms with Crippen LogP contribution in [0.15, 0.2) is 41.3 Å². The predicted octanol–water partition coefficient (Wildman–Crippen LogP) is 3.27. The molecule has 0 aliphatic rings. The second-order valence-corrected chi connectivity index (χ2v) is 7.98. The van der Waals surface area contributed by atoms with E-state index in [0.717, 1.165) is 5.56 Å². The minimum atomic E-state index is -3.68. The van der Waals surface area contributed by atoms with Crippen LogP contribution in [0.2, 0.25) is 5.02 Å². The number of rotatable bonds is 7. The fourth-order valence-electron chi connectivity index (χ4n) is 2.36. The van der Waals surface area contributed by atoms with E-state index in [9.17, 15) is 13.2 Å². The molecule has 1 amide bonds. The number of amides is 1. The van der Waals surface area contributed by atoms with Crippen LogP contribution in [0, 0.1) is 13.8 Å². The smallest absolute Gasteiger partial charge is 0.240 e. The summed E-state index contributed by atoms with van der Waals surface area (Å²) in [4.78, 5) is 12.3. The molecule has 2 aromatic rings. The summed E-state index contributed by atoms with van der Waals surface area (Å²) in [6.45, 7) is 3.53. The summed E-state index contributed by atoms with van der Waals surface area (Å²) in [5.74, 6) is 0.118. The molecule has 0 aromatic heterocycles. The maximum atomic E-state index is 12.4. The average molecular weight is 397 g/mol. The second kappa shape index (κ2) is 8.53. The molecule has 2 aromatic carbocycles. The first-order valence-corrected chi connectivity index (χ1v) is 9.79. The van der Waals surface area contributed by atoms with Gasteiger partial charge in [0.15, 0.2) is 0 Å². The molecule has 0 fully saturated rings. The molecule has 0 aliphatic carbocycles. The van der Waals surface area contributed by atoms with E-state index >= 15 is 0 Å². The van der Waals surface area contributed by atoms with E-state index in [2.05, 4.69) is 10.0 Å². The molecular formula is C18H21ClN2O4S. The Morgan fingerprint density at radius 1 is 1.15 bits per heavy atom. The molecule has 8 heteroatoms. The molecule has 140 valence electrons. The molecule has 0 saturated carbocycles. The normalized spacial score (nSPS) is 11.2. The molecule has 2 N–H and O–H groups in total. The van der Waals surface area contributed by atoms with Crippen molar-refractivity contribution in [3.05, 3.63) is 52.5 Å². The van der Waals surface area contributed by atoms with Gasteiger partial charge in [-0.1, -0.05) is 23.7 Å². The number of anilines is 1. The van der Waals surface area contributed by atoms with Crippen molar-refractivity contribution in [2.75, 3.05) is 19.0 Å². The fraction of sp³-hybridized carbons (Fsp3) is 0.278. The van der Waals surface area contributed by atoms with E-state index in [0.29, 0.717) is 22.0 Å². The molecule has 0 radical (unpaired) electrons. The number of methoxy groups -OCH3 is 1. The average Bonchev–Trinajstić information content (AvgIpc) is 2.57. The molecular weight excluding hydrogens is 376 g/mol. The summed E-state index contributed by atoms with van der Waals surface area (Å²) in [6.07, 6.45) is -0.0280. The molecule has 6 nitrogen and oxygen atoms in total. The van der Waals surface area contributed by atoms with Gasteiger partial charge in [-0.05, 0) is 49.2 Å². The Morgan fingerprint density at radius 3 is 2.58 bits per heavy atom. The lowest BCUT2D eigenvalue weighted by Gasteiger charge is -2.12. The molecule has 0 atom stereocenters. The molecule has 26 heavy (non-hydrogen) atoms. The standard InChI is InChI=1S/C18H21ClN2O4S/c1-12-4-5-13(2)17(10-12)26(23,24)20-9-8-18(22)21-15-11-14(19)6-7-16(15)25-3/h4-7,10-11,20H,8-9H2,1-3H3,(H,21,22). The highest BCUT2D eigenvalue weighted by Crippen LogP contribution is 2.27. The van der Waals surface area contributed by atoms with Gasteiger partial charge >= 0.3 is 0 Å². The fourth-order valence-corrected chi connectivity index (χ4v) is 3.90. The van der Waals surface area contributed by atoms with E-state index < -0.39 is 10.0 Å². The Hall–Kier alpha value is -2.09. The van der Waals surface area contributed by atoms with Crippen molar-refractivity contribution in [3.63, 3.8) is 0 Å². The minimum Gasteiger partial charge on any atom is -0.495 e. The lowest BCUT2D eigenvalue weighted by atomic mass is 10.2. The third-order valence-electron chi connectivity index (χ3n) is 3.71. The predicted molar refractivity (Wildman–Crippen MR) is 102 cm³/mol. The van der Waals surface area contributed by atoms with E-state index in [1.54, 1.807) is 37.3 Å². The van der Waals surface area contributed by atoms with Gasteiger partial charge in [-0.3, -0.25) is 4.79 Å². The van der Waals surface area contributed by atoms with Crippen LogP contribution in [0.25, 0.3) is 0 Å². The van der Waals surface area contributed by atoms with Crippen LogP contribution in [0.5, 0.6) is 5.75 Å². The lowest BCUT2D eigenvalue weighted by Crippen LogP contribution is -2.28. The zero-order valence-corrected chi connectivity index (χ0v) is 16.4. The number of ether oxygens (including phenoxy) is 1. The van der Waals surface area contributed by atoms with Crippen molar-refractivity contribution in [3.8, 4) is 5.75 Å². The van der Waals surface area contributed by atoms with Gasteiger partial charge in [0.25, 0.3) is 0 Å². The number of hydrogen-bond donors (Lipinski definition) is 2. The Bertz CT molecular complexity index is 913. The largest absolute Gasteiger partial charge is 0.495 e. The van der Waals surface area contributed by atoms with Crippen molar-refractivity contribution < 1.29 is 17.9 Å². The zero-order chi connectivity index (χ0) is 19.3.